The van der Waals surface area contributed by atoms with E-state index < -0.39 is 0 Å². The Labute approximate surface area is 102 Å². The summed E-state index contributed by atoms with van der Waals surface area (Å²) in [6, 6.07) is 0.644. The SMILES string of the molecule is CCc1cnc(CNCC2NCCC2C)s1. The van der Waals surface area contributed by atoms with E-state index in [0.717, 1.165) is 25.4 Å². The Hall–Kier alpha value is -0.450. The van der Waals surface area contributed by atoms with Crippen LogP contribution in [0.15, 0.2) is 6.20 Å². The molecule has 0 aliphatic carbocycles. The highest BCUT2D eigenvalue weighted by Gasteiger charge is 2.21. The van der Waals surface area contributed by atoms with Crippen molar-refractivity contribution in [2.24, 2.45) is 5.92 Å². The van der Waals surface area contributed by atoms with Crippen LogP contribution in [0.5, 0.6) is 0 Å². The predicted octanol–water partition coefficient (Wildman–Crippen LogP) is 1.79. The Morgan fingerprint density at radius 2 is 2.50 bits per heavy atom. The Morgan fingerprint density at radius 1 is 1.62 bits per heavy atom. The van der Waals surface area contributed by atoms with Crippen LogP contribution < -0.4 is 10.6 Å². The van der Waals surface area contributed by atoms with E-state index >= 15 is 0 Å². The number of nitrogens with zero attached hydrogens (tertiary/aromatic N) is 1. The van der Waals surface area contributed by atoms with Gasteiger partial charge >= 0.3 is 0 Å². The molecule has 1 aliphatic rings. The molecule has 90 valence electrons. The van der Waals surface area contributed by atoms with Crippen molar-refractivity contribution in [3.05, 3.63) is 16.1 Å². The minimum Gasteiger partial charge on any atom is -0.312 e. The molecule has 0 bridgehead atoms. The van der Waals surface area contributed by atoms with Gasteiger partial charge in [0.05, 0.1) is 0 Å². The number of aryl methyl sites for hydroxylation is 1. The molecular weight excluding hydrogens is 218 g/mol. The van der Waals surface area contributed by atoms with Gasteiger partial charge in [0.2, 0.25) is 0 Å². The fourth-order valence-corrected chi connectivity index (χ4v) is 2.93. The van der Waals surface area contributed by atoms with Gasteiger partial charge in [0.1, 0.15) is 5.01 Å². The van der Waals surface area contributed by atoms with E-state index in [1.165, 1.54) is 22.9 Å². The van der Waals surface area contributed by atoms with E-state index in [4.69, 9.17) is 0 Å². The molecule has 2 atom stereocenters. The van der Waals surface area contributed by atoms with E-state index in [2.05, 4.69) is 29.5 Å². The van der Waals surface area contributed by atoms with Gasteiger partial charge in [0, 0.05) is 30.2 Å². The van der Waals surface area contributed by atoms with Crippen molar-refractivity contribution in [1.29, 1.82) is 0 Å². The maximum absolute atomic E-state index is 4.41. The second kappa shape index (κ2) is 5.75. The number of thiazole rings is 1. The quantitative estimate of drug-likeness (QED) is 0.822. The lowest BCUT2D eigenvalue weighted by Gasteiger charge is -2.15. The van der Waals surface area contributed by atoms with Crippen molar-refractivity contribution in [3.8, 4) is 0 Å². The van der Waals surface area contributed by atoms with Crippen LogP contribution in [0.3, 0.4) is 0 Å². The van der Waals surface area contributed by atoms with Crippen LogP contribution in [0.2, 0.25) is 0 Å². The van der Waals surface area contributed by atoms with Gasteiger partial charge in [-0.05, 0) is 25.3 Å². The first-order chi connectivity index (χ1) is 7.79. The third-order valence-electron chi connectivity index (χ3n) is 3.28. The van der Waals surface area contributed by atoms with Crippen molar-refractivity contribution >= 4 is 11.3 Å². The van der Waals surface area contributed by atoms with Crippen LogP contribution in [-0.2, 0) is 13.0 Å². The standard InChI is InChI=1S/C12H21N3S/c1-3-10-6-15-12(16-10)8-13-7-11-9(2)4-5-14-11/h6,9,11,13-14H,3-5,7-8H2,1-2H3. The third-order valence-corrected chi connectivity index (χ3v) is 4.43. The zero-order chi connectivity index (χ0) is 11.4. The van der Waals surface area contributed by atoms with Crippen LogP contribution in [0, 0.1) is 5.92 Å². The van der Waals surface area contributed by atoms with E-state index in [0.29, 0.717) is 6.04 Å². The molecule has 16 heavy (non-hydrogen) atoms. The molecular formula is C12H21N3S. The lowest BCUT2D eigenvalue weighted by molar-refractivity contribution is 0.448. The molecule has 2 N–H and O–H groups in total. The maximum Gasteiger partial charge on any atom is 0.107 e. The largest absolute Gasteiger partial charge is 0.312 e. The van der Waals surface area contributed by atoms with Gasteiger partial charge in [-0.1, -0.05) is 13.8 Å². The second-order valence-corrected chi connectivity index (χ2v) is 5.73. The summed E-state index contributed by atoms with van der Waals surface area (Å²) < 4.78 is 0. The summed E-state index contributed by atoms with van der Waals surface area (Å²) in [6.07, 6.45) is 4.40. The number of rotatable bonds is 5. The lowest BCUT2D eigenvalue weighted by Crippen LogP contribution is -2.36. The van der Waals surface area contributed by atoms with E-state index in [9.17, 15) is 0 Å². The summed E-state index contributed by atoms with van der Waals surface area (Å²) in [6.45, 7) is 7.64. The van der Waals surface area contributed by atoms with Crippen LogP contribution in [0.1, 0.15) is 30.2 Å². The second-order valence-electron chi connectivity index (χ2n) is 4.53. The topological polar surface area (TPSA) is 37.0 Å². The summed E-state index contributed by atoms with van der Waals surface area (Å²) in [5.74, 6) is 0.801. The molecule has 0 aromatic carbocycles. The predicted molar refractivity (Wildman–Crippen MR) is 68.8 cm³/mol. The minimum absolute atomic E-state index is 0.644. The Balaban J connectivity index is 1.71. The highest BCUT2D eigenvalue weighted by Crippen LogP contribution is 2.15. The molecule has 3 nitrogen and oxygen atoms in total. The van der Waals surface area contributed by atoms with Crippen molar-refractivity contribution in [3.63, 3.8) is 0 Å². The fraction of sp³-hybridized carbons (Fsp3) is 0.750. The van der Waals surface area contributed by atoms with Crippen LogP contribution in [-0.4, -0.2) is 24.1 Å². The van der Waals surface area contributed by atoms with E-state index in [-0.39, 0.29) is 0 Å². The molecule has 4 heteroatoms. The molecule has 1 aromatic heterocycles. The Bertz CT molecular complexity index is 324. The molecule has 1 fully saturated rings. The first-order valence-electron chi connectivity index (χ1n) is 6.17. The summed E-state index contributed by atoms with van der Waals surface area (Å²) in [5, 5.41) is 8.24. The van der Waals surface area contributed by atoms with Gasteiger partial charge in [-0.2, -0.15) is 0 Å². The first-order valence-corrected chi connectivity index (χ1v) is 6.99. The van der Waals surface area contributed by atoms with Crippen molar-refractivity contribution in [2.45, 2.75) is 39.3 Å². The minimum atomic E-state index is 0.644. The summed E-state index contributed by atoms with van der Waals surface area (Å²) in [5.41, 5.74) is 0. The lowest BCUT2D eigenvalue weighted by atomic mass is 10.0. The number of hydrogen-bond acceptors (Lipinski definition) is 4. The molecule has 1 aliphatic heterocycles. The van der Waals surface area contributed by atoms with E-state index in [1.807, 2.05) is 17.5 Å². The van der Waals surface area contributed by atoms with Gasteiger partial charge in [-0.15, -0.1) is 11.3 Å². The van der Waals surface area contributed by atoms with Crippen LogP contribution in [0.4, 0.5) is 0 Å². The van der Waals surface area contributed by atoms with Gasteiger partial charge in [0.25, 0.3) is 0 Å². The smallest absolute Gasteiger partial charge is 0.107 e. The molecule has 0 spiro atoms. The van der Waals surface area contributed by atoms with Crippen molar-refractivity contribution < 1.29 is 0 Å². The molecule has 1 saturated heterocycles. The normalized spacial score (nSPS) is 25.1. The molecule has 2 heterocycles. The summed E-state index contributed by atoms with van der Waals surface area (Å²) >= 11 is 1.82. The number of hydrogen-bond donors (Lipinski definition) is 2. The summed E-state index contributed by atoms with van der Waals surface area (Å²) in [4.78, 5) is 5.78. The molecule has 2 rings (SSSR count). The first kappa shape index (κ1) is 12.0. The zero-order valence-corrected chi connectivity index (χ0v) is 10.9. The Morgan fingerprint density at radius 3 is 3.12 bits per heavy atom. The Kier molecular flexibility index (Phi) is 4.32. The van der Waals surface area contributed by atoms with Crippen molar-refractivity contribution in [2.75, 3.05) is 13.1 Å². The molecule has 0 radical (unpaired) electrons. The molecule has 2 unspecified atom stereocenters. The zero-order valence-electron chi connectivity index (χ0n) is 10.1. The number of aromatic nitrogens is 1. The van der Waals surface area contributed by atoms with Gasteiger partial charge in [0.15, 0.2) is 0 Å². The molecule has 0 saturated carbocycles. The monoisotopic (exact) mass is 239 g/mol. The summed E-state index contributed by atoms with van der Waals surface area (Å²) in [7, 11) is 0. The van der Waals surface area contributed by atoms with Gasteiger partial charge < -0.3 is 10.6 Å². The molecule has 0 amide bonds. The van der Waals surface area contributed by atoms with Gasteiger partial charge in [-0.25, -0.2) is 4.98 Å². The maximum atomic E-state index is 4.41. The molecule has 1 aromatic rings. The van der Waals surface area contributed by atoms with Gasteiger partial charge in [-0.3, -0.25) is 0 Å². The third kappa shape index (κ3) is 3.03. The van der Waals surface area contributed by atoms with E-state index in [1.54, 1.807) is 0 Å². The van der Waals surface area contributed by atoms with Crippen molar-refractivity contribution in [1.82, 2.24) is 15.6 Å². The van der Waals surface area contributed by atoms with Crippen LogP contribution in [0.25, 0.3) is 0 Å². The fourth-order valence-electron chi connectivity index (χ4n) is 2.10. The average Bonchev–Trinajstić information content (AvgIpc) is 2.89. The highest BCUT2D eigenvalue weighted by atomic mass is 32.1. The van der Waals surface area contributed by atoms with Crippen LogP contribution >= 0.6 is 11.3 Å². The number of nitrogens with one attached hydrogen (secondary N) is 2. The average molecular weight is 239 g/mol. The highest BCUT2D eigenvalue weighted by molar-refractivity contribution is 7.11.